The van der Waals surface area contributed by atoms with Gasteiger partial charge in [0.25, 0.3) is 0 Å². The van der Waals surface area contributed by atoms with Crippen LogP contribution in [0.2, 0.25) is 0 Å². The Hall–Kier alpha value is -1.22. The van der Waals surface area contributed by atoms with Crippen LogP contribution in [-0.2, 0) is 5.54 Å². The van der Waals surface area contributed by atoms with Gasteiger partial charge in [-0.15, -0.1) is 0 Å². The fraction of sp³-hybridized carbons (Fsp3) is 0.273. The lowest BCUT2D eigenvalue weighted by Crippen LogP contribution is -2.33. The molecule has 0 amide bonds. The van der Waals surface area contributed by atoms with E-state index in [4.69, 9.17) is 5.73 Å². The van der Waals surface area contributed by atoms with Gasteiger partial charge >= 0.3 is 0 Å². The van der Waals surface area contributed by atoms with Crippen LogP contribution in [0.15, 0.2) is 30.4 Å². The highest BCUT2D eigenvalue weighted by Crippen LogP contribution is 2.32. The van der Waals surface area contributed by atoms with Crippen molar-refractivity contribution in [3.63, 3.8) is 0 Å². The summed E-state index contributed by atoms with van der Waals surface area (Å²) < 4.78 is 25.9. The van der Waals surface area contributed by atoms with Crippen molar-refractivity contribution in [1.29, 1.82) is 0 Å². The van der Waals surface area contributed by atoms with Gasteiger partial charge in [0.05, 0.1) is 0 Å². The number of hydrogen-bond acceptors (Lipinski definition) is 1. The highest BCUT2D eigenvalue weighted by molar-refractivity contribution is 5.29. The van der Waals surface area contributed by atoms with E-state index in [1.54, 1.807) is 0 Å². The molecule has 0 radical (unpaired) electrons. The van der Waals surface area contributed by atoms with Crippen LogP contribution >= 0.6 is 0 Å². The minimum absolute atomic E-state index is 0.528. The van der Waals surface area contributed by atoms with Crippen molar-refractivity contribution in [3.05, 3.63) is 47.5 Å². The van der Waals surface area contributed by atoms with Crippen LogP contribution in [0.1, 0.15) is 18.4 Å². The normalized spacial score (nSPS) is 18.8. The van der Waals surface area contributed by atoms with Gasteiger partial charge in [0.1, 0.15) is 11.6 Å². The molecule has 0 spiro atoms. The molecule has 3 heteroatoms. The predicted octanol–water partition coefficient (Wildman–Crippen LogP) is 2.47. The summed E-state index contributed by atoms with van der Waals surface area (Å²) in [5.41, 5.74) is 5.93. The molecule has 0 fully saturated rings. The Labute approximate surface area is 81.2 Å². The molecule has 2 rings (SSSR count). The minimum Gasteiger partial charge on any atom is -0.321 e. The maximum atomic E-state index is 12.9. The quantitative estimate of drug-likeness (QED) is 0.684. The molecule has 1 aromatic carbocycles. The monoisotopic (exact) mass is 195 g/mol. The standard InChI is InChI=1S/C11H11F2N/c12-9-5-8(6-10(13)7-9)11(14)3-1-2-4-11/h1-2,5-7H,3-4,14H2. The van der Waals surface area contributed by atoms with E-state index >= 15 is 0 Å². The topological polar surface area (TPSA) is 26.0 Å². The van der Waals surface area contributed by atoms with Crippen molar-refractivity contribution in [2.75, 3.05) is 0 Å². The Kier molecular flexibility index (Phi) is 2.11. The van der Waals surface area contributed by atoms with E-state index < -0.39 is 17.2 Å². The van der Waals surface area contributed by atoms with Crippen molar-refractivity contribution >= 4 is 0 Å². The molecule has 0 unspecified atom stereocenters. The Bertz CT molecular complexity index is 357. The van der Waals surface area contributed by atoms with Crippen LogP contribution in [-0.4, -0.2) is 0 Å². The summed E-state index contributed by atoms with van der Waals surface area (Å²) in [7, 11) is 0. The highest BCUT2D eigenvalue weighted by Gasteiger charge is 2.28. The third-order valence-electron chi connectivity index (χ3n) is 2.57. The molecule has 1 nitrogen and oxygen atoms in total. The van der Waals surface area contributed by atoms with Crippen molar-refractivity contribution in [2.24, 2.45) is 5.73 Å². The molecule has 0 heterocycles. The number of rotatable bonds is 1. The fourth-order valence-corrected chi connectivity index (χ4v) is 1.75. The summed E-state index contributed by atoms with van der Waals surface area (Å²) in [6, 6.07) is 3.46. The van der Waals surface area contributed by atoms with Gasteiger partial charge in [-0.25, -0.2) is 8.78 Å². The van der Waals surface area contributed by atoms with E-state index in [2.05, 4.69) is 0 Å². The Balaban J connectivity index is 2.41. The zero-order valence-electron chi connectivity index (χ0n) is 7.63. The smallest absolute Gasteiger partial charge is 0.126 e. The van der Waals surface area contributed by atoms with E-state index in [-0.39, 0.29) is 0 Å². The first-order chi connectivity index (χ1) is 6.60. The maximum Gasteiger partial charge on any atom is 0.126 e. The summed E-state index contributed by atoms with van der Waals surface area (Å²) in [6.07, 6.45) is 5.14. The molecule has 74 valence electrons. The van der Waals surface area contributed by atoms with E-state index in [1.807, 2.05) is 12.2 Å². The molecular weight excluding hydrogens is 184 g/mol. The highest BCUT2D eigenvalue weighted by atomic mass is 19.1. The van der Waals surface area contributed by atoms with Gasteiger partial charge in [-0.2, -0.15) is 0 Å². The second-order valence-corrected chi connectivity index (χ2v) is 3.69. The Morgan fingerprint density at radius 2 is 1.50 bits per heavy atom. The Morgan fingerprint density at radius 3 is 2.00 bits per heavy atom. The van der Waals surface area contributed by atoms with Crippen LogP contribution in [0.3, 0.4) is 0 Å². The summed E-state index contributed by atoms with van der Waals surface area (Å²) in [4.78, 5) is 0. The number of nitrogens with two attached hydrogens (primary N) is 1. The molecule has 0 aromatic heterocycles. The third kappa shape index (κ3) is 1.55. The van der Waals surface area contributed by atoms with Crippen molar-refractivity contribution in [3.8, 4) is 0 Å². The summed E-state index contributed by atoms with van der Waals surface area (Å²) in [6.45, 7) is 0. The summed E-state index contributed by atoms with van der Waals surface area (Å²) in [5, 5.41) is 0. The Morgan fingerprint density at radius 1 is 1.00 bits per heavy atom. The van der Waals surface area contributed by atoms with E-state index in [1.165, 1.54) is 12.1 Å². The minimum atomic E-state index is -0.622. The van der Waals surface area contributed by atoms with E-state index in [9.17, 15) is 8.78 Å². The number of hydrogen-bond donors (Lipinski definition) is 1. The van der Waals surface area contributed by atoms with Crippen LogP contribution in [0, 0.1) is 11.6 Å². The van der Waals surface area contributed by atoms with Gasteiger partial charge in [0, 0.05) is 11.6 Å². The van der Waals surface area contributed by atoms with Crippen molar-refractivity contribution < 1.29 is 8.78 Å². The van der Waals surface area contributed by atoms with Crippen LogP contribution in [0.25, 0.3) is 0 Å². The number of benzene rings is 1. The van der Waals surface area contributed by atoms with Gasteiger partial charge in [0.2, 0.25) is 0 Å². The molecule has 1 aliphatic rings. The zero-order chi connectivity index (χ0) is 10.2. The molecule has 0 bridgehead atoms. The molecule has 2 N–H and O–H groups in total. The predicted molar refractivity (Wildman–Crippen MR) is 50.6 cm³/mol. The van der Waals surface area contributed by atoms with Gasteiger partial charge in [0.15, 0.2) is 0 Å². The first-order valence-corrected chi connectivity index (χ1v) is 4.51. The second-order valence-electron chi connectivity index (χ2n) is 3.69. The van der Waals surface area contributed by atoms with Crippen molar-refractivity contribution in [2.45, 2.75) is 18.4 Å². The molecule has 0 atom stereocenters. The summed E-state index contributed by atoms with van der Waals surface area (Å²) >= 11 is 0. The number of halogens is 2. The average Bonchev–Trinajstić information content (AvgIpc) is 2.52. The molecule has 14 heavy (non-hydrogen) atoms. The van der Waals surface area contributed by atoms with Gasteiger partial charge in [-0.3, -0.25) is 0 Å². The van der Waals surface area contributed by atoms with E-state index in [0.717, 1.165) is 6.07 Å². The molecular formula is C11H11F2N. The first-order valence-electron chi connectivity index (χ1n) is 4.51. The molecule has 0 saturated heterocycles. The molecule has 1 aromatic rings. The molecule has 1 aliphatic carbocycles. The maximum absolute atomic E-state index is 12.9. The lowest BCUT2D eigenvalue weighted by atomic mass is 9.88. The second kappa shape index (κ2) is 3.17. The first kappa shape index (κ1) is 9.34. The zero-order valence-corrected chi connectivity index (χ0v) is 7.63. The largest absolute Gasteiger partial charge is 0.321 e. The average molecular weight is 195 g/mol. The molecule has 0 aliphatic heterocycles. The van der Waals surface area contributed by atoms with Gasteiger partial charge in [-0.05, 0) is 30.5 Å². The van der Waals surface area contributed by atoms with Crippen molar-refractivity contribution in [1.82, 2.24) is 0 Å². The fourth-order valence-electron chi connectivity index (χ4n) is 1.75. The third-order valence-corrected chi connectivity index (χ3v) is 2.57. The lowest BCUT2D eigenvalue weighted by molar-refractivity contribution is 0.469. The van der Waals surface area contributed by atoms with Crippen LogP contribution in [0.5, 0.6) is 0 Å². The SMILES string of the molecule is NC1(c2cc(F)cc(F)c2)CC=CC1. The van der Waals surface area contributed by atoms with Gasteiger partial charge in [-0.1, -0.05) is 12.2 Å². The van der Waals surface area contributed by atoms with Crippen LogP contribution < -0.4 is 5.73 Å². The lowest BCUT2D eigenvalue weighted by Gasteiger charge is -2.24. The molecule has 0 saturated carbocycles. The van der Waals surface area contributed by atoms with E-state index in [0.29, 0.717) is 18.4 Å². The van der Waals surface area contributed by atoms with Gasteiger partial charge < -0.3 is 5.73 Å². The van der Waals surface area contributed by atoms with Crippen LogP contribution in [0.4, 0.5) is 8.78 Å². The summed E-state index contributed by atoms with van der Waals surface area (Å²) in [5.74, 6) is -1.14.